The fraction of sp³-hybridized carbons (Fsp3) is 0.333. The van der Waals surface area contributed by atoms with E-state index in [1.807, 2.05) is 0 Å². The van der Waals surface area contributed by atoms with Gasteiger partial charge < -0.3 is 15.7 Å². The molecular formula is C12H13ClN2O3. The first kappa shape index (κ1) is 12.9. The molecule has 0 radical (unpaired) electrons. The zero-order valence-corrected chi connectivity index (χ0v) is 10.4. The lowest BCUT2D eigenvalue weighted by atomic mass is 10.0. The number of carboxylic acid groups (broad SMARTS) is 1. The summed E-state index contributed by atoms with van der Waals surface area (Å²) in [5.41, 5.74) is 4.82. The molecule has 0 spiro atoms. The number of amides is 1. The van der Waals surface area contributed by atoms with E-state index in [-0.39, 0.29) is 18.9 Å². The van der Waals surface area contributed by atoms with Gasteiger partial charge in [0, 0.05) is 23.7 Å². The summed E-state index contributed by atoms with van der Waals surface area (Å²) < 4.78 is 0. The molecule has 1 saturated heterocycles. The van der Waals surface area contributed by atoms with Crippen LogP contribution in [0.25, 0.3) is 0 Å². The van der Waals surface area contributed by atoms with Crippen LogP contribution in [-0.4, -0.2) is 40.5 Å². The van der Waals surface area contributed by atoms with Gasteiger partial charge in [-0.05, 0) is 24.6 Å². The summed E-state index contributed by atoms with van der Waals surface area (Å²) in [6.45, 7) is 0.363. The molecular weight excluding hydrogens is 256 g/mol. The Labute approximate surface area is 109 Å². The van der Waals surface area contributed by atoms with Crippen molar-refractivity contribution in [2.24, 2.45) is 5.73 Å². The van der Waals surface area contributed by atoms with Crippen LogP contribution in [0.5, 0.6) is 0 Å². The number of halogens is 1. The Morgan fingerprint density at radius 1 is 1.44 bits per heavy atom. The topological polar surface area (TPSA) is 83.6 Å². The SMILES string of the molecule is NC1(C(=O)O)CCN(C(=O)c2cccc(Cl)c2)C1. The highest BCUT2D eigenvalue weighted by Crippen LogP contribution is 2.22. The minimum atomic E-state index is -1.34. The summed E-state index contributed by atoms with van der Waals surface area (Å²) in [4.78, 5) is 24.6. The molecule has 1 aromatic carbocycles. The number of benzene rings is 1. The van der Waals surface area contributed by atoms with Crippen molar-refractivity contribution in [1.29, 1.82) is 0 Å². The van der Waals surface area contributed by atoms with E-state index in [9.17, 15) is 9.59 Å². The highest BCUT2D eigenvalue weighted by atomic mass is 35.5. The maximum absolute atomic E-state index is 12.1. The first-order valence-electron chi connectivity index (χ1n) is 5.49. The van der Waals surface area contributed by atoms with E-state index in [4.69, 9.17) is 22.4 Å². The Morgan fingerprint density at radius 2 is 2.17 bits per heavy atom. The second-order valence-corrected chi connectivity index (χ2v) is 4.88. The highest BCUT2D eigenvalue weighted by Gasteiger charge is 2.43. The number of hydrogen-bond acceptors (Lipinski definition) is 3. The molecule has 0 saturated carbocycles. The van der Waals surface area contributed by atoms with Gasteiger partial charge in [0.25, 0.3) is 5.91 Å². The molecule has 18 heavy (non-hydrogen) atoms. The van der Waals surface area contributed by atoms with Gasteiger partial charge in [0.05, 0.1) is 0 Å². The van der Waals surface area contributed by atoms with Crippen molar-refractivity contribution in [1.82, 2.24) is 4.90 Å². The van der Waals surface area contributed by atoms with Crippen LogP contribution >= 0.6 is 11.6 Å². The smallest absolute Gasteiger partial charge is 0.325 e. The van der Waals surface area contributed by atoms with Crippen molar-refractivity contribution < 1.29 is 14.7 Å². The van der Waals surface area contributed by atoms with Gasteiger partial charge in [0.2, 0.25) is 0 Å². The van der Waals surface area contributed by atoms with E-state index in [1.165, 1.54) is 4.90 Å². The van der Waals surface area contributed by atoms with Crippen molar-refractivity contribution >= 4 is 23.5 Å². The van der Waals surface area contributed by atoms with Gasteiger partial charge in [-0.25, -0.2) is 0 Å². The summed E-state index contributed by atoms with van der Waals surface area (Å²) >= 11 is 5.81. The molecule has 0 aliphatic carbocycles. The summed E-state index contributed by atoms with van der Waals surface area (Å²) in [5.74, 6) is -1.32. The van der Waals surface area contributed by atoms with E-state index in [0.29, 0.717) is 17.1 Å². The van der Waals surface area contributed by atoms with Gasteiger partial charge in [0.1, 0.15) is 5.54 Å². The van der Waals surface area contributed by atoms with Crippen molar-refractivity contribution in [3.8, 4) is 0 Å². The second kappa shape index (κ2) is 4.59. The number of carbonyl (C=O) groups is 2. The van der Waals surface area contributed by atoms with Crippen LogP contribution in [0, 0.1) is 0 Å². The van der Waals surface area contributed by atoms with Crippen molar-refractivity contribution in [3.05, 3.63) is 34.9 Å². The van der Waals surface area contributed by atoms with Crippen molar-refractivity contribution in [2.75, 3.05) is 13.1 Å². The molecule has 0 aromatic heterocycles. The Kier molecular flexibility index (Phi) is 3.28. The lowest BCUT2D eigenvalue weighted by Gasteiger charge is -2.20. The van der Waals surface area contributed by atoms with Crippen LogP contribution in [0.15, 0.2) is 24.3 Å². The minimum absolute atomic E-state index is 0.0215. The minimum Gasteiger partial charge on any atom is -0.480 e. The third kappa shape index (κ3) is 2.32. The van der Waals surface area contributed by atoms with Crippen LogP contribution in [0.1, 0.15) is 16.8 Å². The van der Waals surface area contributed by atoms with E-state index < -0.39 is 11.5 Å². The third-order valence-electron chi connectivity index (χ3n) is 3.09. The van der Waals surface area contributed by atoms with Crippen LogP contribution in [0.2, 0.25) is 5.02 Å². The molecule has 1 aromatic rings. The van der Waals surface area contributed by atoms with Gasteiger partial charge in [-0.1, -0.05) is 17.7 Å². The molecule has 1 heterocycles. The normalized spacial score (nSPS) is 23.1. The highest BCUT2D eigenvalue weighted by molar-refractivity contribution is 6.30. The lowest BCUT2D eigenvalue weighted by molar-refractivity contribution is -0.142. The standard InChI is InChI=1S/C12H13ClN2O3/c13-9-3-1-2-8(6-9)10(16)15-5-4-12(14,7-15)11(17)18/h1-3,6H,4-5,7,14H2,(H,17,18). The van der Waals surface area contributed by atoms with E-state index in [1.54, 1.807) is 24.3 Å². The molecule has 5 nitrogen and oxygen atoms in total. The predicted octanol–water partition coefficient (Wildman–Crippen LogP) is 0.968. The third-order valence-corrected chi connectivity index (χ3v) is 3.32. The molecule has 3 N–H and O–H groups in total. The maximum atomic E-state index is 12.1. The number of aliphatic carboxylic acids is 1. The summed E-state index contributed by atoms with van der Waals surface area (Å²) in [6, 6.07) is 6.55. The number of nitrogens with zero attached hydrogens (tertiary/aromatic N) is 1. The van der Waals surface area contributed by atoms with Crippen LogP contribution in [-0.2, 0) is 4.79 Å². The van der Waals surface area contributed by atoms with Gasteiger partial charge in [-0.3, -0.25) is 9.59 Å². The summed E-state index contributed by atoms with van der Waals surface area (Å²) in [7, 11) is 0. The van der Waals surface area contributed by atoms with Gasteiger partial charge in [-0.2, -0.15) is 0 Å². The monoisotopic (exact) mass is 268 g/mol. The number of carbonyl (C=O) groups excluding carboxylic acids is 1. The zero-order valence-electron chi connectivity index (χ0n) is 9.60. The van der Waals surface area contributed by atoms with E-state index >= 15 is 0 Å². The quantitative estimate of drug-likeness (QED) is 0.837. The Morgan fingerprint density at radius 3 is 2.72 bits per heavy atom. The first-order chi connectivity index (χ1) is 8.42. The fourth-order valence-electron chi connectivity index (χ4n) is 1.99. The largest absolute Gasteiger partial charge is 0.480 e. The molecule has 1 unspecified atom stereocenters. The molecule has 2 rings (SSSR count). The van der Waals surface area contributed by atoms with Crippen molar-refractivity contribution in [2.45, 2.75) is 12.0 Å². The summed E-state index contributed by atoms with van der Waals surface area (Å²) in [6.07, 6.45) is 0.259. The second-order valence-electron chi connectivity index (χ2n) is 4.45. The number of carboxylic acids is 1. The number of rotatable bonds is 2. The molecule has 1 amide bonds. The lowest BCUT2D eigenvalue weighted by Crippen LogP contribution is -2.50. The van der Waals surface area contributed by atoms with Gasteiger partial charge in [-0.15, -0.1) is 0 Å². The van der Waals surface area contributed by atoms with E-state index in [2.05, 4.69) is 0 Å². The van der Waals surface area contributed by atoms with Crippen molar-refractivity contribution in [3.63, 3.8) is 0 Å². The number of hydrogen-bond donors (Lipinski definition) is 2. The molecule has 1 fully saturated rings. The Balaban J connectivity index is 2.15. The predicted molar refractivity (Wildman–Crippen MR) is 66.5 cm³/mol. The van der Waals surface area contributed by atoms with Crippen LogP contribution in [0.4, 0.5) is 0 Å². The molecule has 6 heteroatoms. The molecule has 1 aliphatic heterocycles. The number of likely N-dealkylation sites (tertiary alicyclic amines) is 1. The average Bonchev–Trinajstić information content (AvgIpc) is 2.72. The Hall–Kier alpha value is -1.59. The average molecular weight is 269 g/mol. The Bertz CT molecular complexity index is 506. The van der Waals surface area contributed by atoms with Crippen LogP contribution in [0.3, 0.4) is 0 Å². The summed E-state index contributed by atoms with van der Waals surface area (Å²) in [5, 5.41) is 9.47. The van der Waals surface area contributed by atoms with Crippen LogP contribution < -0.4 is 5.73 Å². The number of nitrogens with two attached hydrogens (primary N) is 1. The molecule has 1 atom stereocenters. The molecule has 0 bridgehead atoms. The van der Waals surface area contributed by atoms with E-state index in [0.717, 1.165) is 0 Å². The zero-order chi connectivity index (χ0) is 13.3. The maximum Gasteiger partial charge on any atom is 0.325 e. The first-order valence-corrected chi connectivity index (χ1v) is 5.87. The van der Waals surface area contributed by atoms with Gasteiger partial charge >= 0.3 is 5.97 Å². The van der Waals surface area contributed by atoms with Gasteiger partial charge in [0.15, 0.2) is 0 Å². The molecule has 1 aliphatic rings. The molecule has 96 valence electrons. The fourth-order valence-corrected chi connectivity index (χ4v) is 2.18.